The SMILES string of the molecule is CCCCC/C=C\C/C=C\CCCCCCCCCC(=O)OC(COC(=O)CCCCCCCCCCCC)COC(=O)CCCCCCCCCCCCCCCCCCCCCCCCCCCCCCCC. The highest BCUT2D eigenvalue weighted by molar-refractivity contribution is 5.71. The molecule has 0 radical (unpaired) electrons. The molecule has 0 N–H and O–H groups in total. The third-order valence-electron chi connectivity index (χ3n) is 15.5. The molecule has 75 heavy (non-hydrogen) atoms. The molecule has 0 aromatic rings. The van der Waals surface area contributed by atoms with Crippen LogP contribution in [0.2, 0.25) is 0 Å². The summed E-state index contributed by atoms with van der Waals surface area (Å²) in [4.78, 5) is 38.2. The van der Waals surface area contributed by atoms with Crippen molar-refractivity contribution in [3.63, 3.8) is 0 Å². The molecule has 0 bridgehead atoms. The lowest BCUT2D eigenvalue weighted by Gasteiger charge is -2.18. The van der Waals surface area contributed by atoms with Crippen molar-refractivity contribution in [1.29, 1.82) is 0 Å². The molecule has 0 rings (SSSR count). The first-order valence-electron chi connectivity index (χ1n) is 33.8. The number of hydrogen-bond donors (Lipinski definition) is 0. The van der Waals surface area contributed by atoms with Crippen LogP contribution in [-0.2, 0) is 28.6 Å². The lowest BCUT2D eigenvalue weighted by molar-refractivity contribution is -0.167. The van der Waals surface area contributed by atoms with E-state index in [4.69, 9.17) is 14.2 Å². The first-order chi connectivity index (χ1) is 37.0. The third-order valence-corrected chi connectivity index (χ3v) is 15.5. The minimum absolute atomic E-state index is 0.0688. The first-order valence-corrected chi connectivity index (χ1v) is 33.8. The molecule has 1 atom stereocenters. The normalized spacial score (nSPS) is 12.1. The van der Waals surface area contributed by atoms with Gasteiger partial charge in [0.05, 0.1) is 0 Å². The molecule has 1 unspecified atom stereocenters. The number of esters is 3. The van der Waals surface area contributed by atoms with Crippen molar-refractivity contribution in [3.8, 4) is 0 Å². The summed E-state index contributed by atoms with van der Waals surface area (Å²) >= 11 is 0. The predicted octanol–water partition coefficient (Wildman–Crippen LogP) is 23.0. The second-order valence-corrected chi connectivity index (χ2v) is 23.1. The smallest absolute Gasteiger partial charge is 0.306 e. The maximum absolute atomic E-state index is 12.9. The monoisotopic (exact) mass is 1050 g/mol. The largest absolute Gasteiger partial charge is 0.462 e. The van der Waals surface area contributed by atoms with Gasteiger partial charge in [-0.1, -0.05) is 334 Å². The molecule has 6 nitrogen and oxygen atoms in total. The number of carbonyl (C=O) groups excluding carboxylic acids is 3. The van der Waals surface area contributed by atoms with Crippen LogP contribution in [0.3, 0.4) is 0 Å². The van der Waals surface area contributed by atoms with Crippen molar-refractivity contribution in [2.75, 3.05) is 13.2 Å². The molecule has 442 valence electrons. The average molecular weight is 1060 g/mol. The highest BCUT2D eigenvalue weighted by Crippen LogP contribution is 2.19. The molecule has 0 aliphatic rings. The van der Waals surface area contributed by atoms with E-state index in [0.29, 0.717) is 19.3 Å². The van der Waals surface area contributed by atoms with Crippen LogP contribution in [-0.4, -0.2) is 37.2 Å². The van der Waals surface area contributed by atoms with Gasteiger partial charge in [-0.15, -0.1) is 0 Å². The number of allylic oxidation sites excluding steroid dienone is 4. The van der Waals surface area contributed by atoms with Crippen molar-refractivity contribution < 1.29 is 28.6 Å². The molecule has 0 aliphatic carbocycles. The summed E-state index contributed by atoms with van der Waals surface area (Å²) in [5, 5.41) is 0. The van der Waals surface area contributed by atoms with Crippen molar-refractivity contribution in [1.82, 2.24) is 0 Å². The zero-order chi connectivity index (χ0) is 54.3. The van der Waals surface area contributed by atoms with E-state index in [1.807, 2.05) is 0 Å². The van der Waals surface area contributed by atoms with Crippen LogP contribution in [0.1, 0.15) is 380 Å². The summed E-state index contributed by atoms with van der Waals surface area (Å²) in [7, 11) is 0. The van der Waals surface area contributed by atoms with E-state index in [1.54, 1.807) is 0 Å². The Kier molecular flexibility index (Phi) is 62.6. The summed E-state index contributed by atoms with van der Waals surface area (Å²) in [6, 6.07) is 0. The lowest BCUT2D eigenvalue weighted by Crippen LogP contribution is -2.30. The molecule has 0 aromatic heterocycles. The van der Waals surface area contributed by atoms with E-state index in [2.05, 4.69) is 45.1 Å². The Morgan fingerprint density at radius 3 is 0.760 bits per heavy atom. The number of hydrogen-bond acceptors (Lipinski definition) is 6. The van der Waals surface area contributed by atoms with Crippen LogP contribution in [0.15, 0.2) is 24.3 Å². The summed E-state index contributed by atoms with van der Waals surface area (Å²) in [5.74, 6) is -0.853. The van der Waals surface area contributed by atoms with Gasteiger partial charge in [0.25, 0.3) is 0 Å². The van der Waals surface area contributed by atoms with Crippen LogP contribution in [0.5, 0.6) is 0 Å². The fourth-order valence-electron chi connectivity index (χ4n) is 10.4. The van der Waals surface area contributed by atoms with Crippen LogP contribution >= 0.6 is 0 Å². The summed E-state index contributed by atoms with van der Waals surface area (Å²) in [6.45, 7) is 6.66. The summed E-state index contributed by atoms with van der Waals surface area (Å²) in [6.07, 6.45) is 77.9. The van der Waals surface area contributed by atoms with E-state index in [1.165, 1.54) is 270 Å². The standard InChI is InChI=1S/C69H130O6/c1-4-7-10-13-16-19-22-24-26-28-29-30-31-32-33-34-35-36-37-38-39-40-42-43-45-47-50-53-56-59-62-68(71)74-65-66(64-73-67(70)61-58-55-52-49-21-18-15-12-9-6-3)75-69(72)63-60-57-54-51-48-46-44-41-27-25-23-20-17-14-11-8-5-2/h17,20,25,27,66H,4-16,18-19,21-24,26,28-65H2,1-3H3/b20-17-,27-25-. The van der Waals surface area contributed by atoms with Gasteiger partial charge in [0, 0.05) is 19.3 Å². The van der Waals surface area contributed by atoms with Gasteiger partial charge in [-0.2, -0.15) is 0 Å². The van der Waals surface area contributed by atoms with Crippen molar-refractivity contribution >= 4 is 17.9 Å². The number of rotatable bonds is 63. The lowest BCUT2D eigenvalue weighted by atomic mass is 10.0. The van der Waals surface area contributed by atoms with Crippen molar-refractivity contribution in [3.05, 3.63) is 24.3 Å². The highest BCUT2D eigenvalue weighted by Gasteiger charge is 2.19. The molecule has 0 aromatic carbocycles. The Labute approximate surface area is 468 Å². The highest BCUT2D eigenvalue weighted by atomic mass is 16.6. The quantitative estimate of drug-likeness (QED) is 0.0261. The Balaban J connectivity index is 4.08. The molecular formula is C69H130O6. The second kappa shape index (κ2) is 64.4. The Morgan fingerprint density at radius 1 is 0.267 bits per heavy atom. The number of carbonyl (C=O) groups is 3. The Bertz CT molecular complexity index is 1210. The maximum Gasteiger partial charge on any atom is 0.306 e. The molecule has 0 saturated carbocycles. The zero-order valence-corrected chi connectivity index (χ0v) is 50.8. The van der Waals surface area contributed by atoms with Gasteiger partial charge in [0.15, 0.2) is 6.10 Å². The Hall–Kier alpha value is -2.11. The zero-order valence-electron chi connectivity index (χ0n) is 50.8. The van der Waals surface area contributed by atoms with Crippen LogP contribution in [0.25, 0.3) is 0 Å². The topological polar surface area (TPSA) is 78.9 Å². The second-order valence-electron chi connectivity index (χ2n) is 23.1. The molecule has 0 aliphatic heterocycles. The van der Waals surface area contributed by atoms with E-state index < -0.39 is 6.10 Å². The number of ether oxygens (including phenoxy) is 3. The van der Waals surface area contributed by atoms with Gasteiger partial charge in [0.2, 0.25) is 0 Å². The van der Waals surface area contributed by atoms with Gasteiger partial charge >= 0.3 is 17.9 Å². The molecule has 6 heteroatoms. The van der Waals surface area contributed by atoms with Gasteiger partial charge in [-0.05, 0) is 51.4 Å². The average Bonchev–Trinajstić information content (AvgIpc) is 3.41. The summed E-state index contributed by atoms with van der Waals surface area (Å²) in [5.41, 5.74) is 0. The number of unbranched alkanes of at least 4 members (excludes halogenated alkanes) is 48. The van der Waals surface area contributed by atoms with Gasteiger partial charge in [-0.3, -0.25) is 14.4 Å². The van der Waals surface area contributed by atoms with E-state index in [9.17, 15) is 14.4 Å². The van der Waals surface area contributed by atoms with Gasteiger partial charge in [-0.25, -0.2) is 0 Å². The Morgan fingerprint density at radius 2 is 0.480 bits per heavy atom. The molecule has 0 amide bonds. The molecule has 0 saturated heterocycles. The van der Waals surface area contributed by atoms with Crippen molar-refractivity contribution in [2.24, 2.45) is 0 Å². The summed E-state index contributed by atoms with van der Waals surface area (Å²) < 4.78 is 16.9. The van der Waals surface area contributed by atoms with Crippen LogP contribution in [0, 0.1) is 0 Å². The molecule has 0 heterocycles. The van der Waals surface area contributed by atoms with Crippen LogP contribution in [0.4, 0.5) is 0 Å². The third kappa shape index (κ3) is 62.6. The maximum atomic E-state index is 12.9. The minimum Gasteiger partial charge on any atom is -0.462 e. The van der Waals surface area contributed by atoms with E-state index >= 15 is 0 Å². The minimum atomic E-state index is -0.771. The first kappa shape index (κ1) is 72.9. The fraction of sp³-hybridized carbons (Fsp3) is 0.899. The van der Waals surface area contributed by atoms with Crippen LogP contribution < -0.4 is 0 Å². The van der Waals surface area contributed by atoms with Gasteiger partial charge < -0.3 is 14.2 Å². The molecular weight excluding hydrogens is 925 g/mol. The fourth-order valence-corrected chi connectivity index (χ4v) is 10.4. The van der Waals surface area contributed by atoms with E-state index in [-0.39, 0.29) is 31.1 Å². The van der Waals surface area contributed by atoms with Gasteiger partial charge in [0.1, 0.15) is 13.2 Å². The van der Waals surface area contributed by atoms with E-state index in [0.717, 1.165) is 70.6 Å². The predicted molar refractivity (Wildman–Crippen MR) is 326 cm³/mol. The van der Waals surface area contributed by atoms with Crippen molar-refractivity contribution in [2.45, 2.75) is 386 Å². The molecule has 0 spiro atoms. The molecule has 0 fully saturated rings.